The van der Waals surface area contributed by atoms with Gasteiger partial charge in [0, 0.05) is 12.1 Å². The first-order valence-corrected chi connectivity index (χ1v) is 6.17. The van der Waals surface area contributed by atoms with Gasteiger partial charge in [-0.15, -0.1) is 0 Å². The molecule has 0 radical (unpaired) electrons. The standard InChI is InChI=1S/C13H15N5O/c1-7-15-8(2)18(17-7)12-6-11-9(5-10(12)14)3-4-13(19)16-11/h5-6H,3-4,14H2,1-2H3,(H,16,19). The molecule has 6 heteroatoms. The van der Waals surface area contributed by atoms with Crippen molar-refractivity contribution in [1.82, 2.24) is 14.8 Å². The van der Waals surface area contributed by atoms with E-state index in [1.54, 1.807) is 4.68 Å². The van der Waals surface area contributed by atoms with Gasteiger partial charge in [0.15, 0.2) is 0 Å². The number of fused-ring (bicyclic) bond motifs is 1. The van der Waals surface area contributed by atoms with Gasteiger partial charge in [0.05, 0.1) is 11.4 Å². The van der Waals surface area contributed by atoms with Gasteiger partial charge in [0.1, 0.15) is 11.6 Å². The Bertz CT molecular complexity index is 674. The van der Waals surface area contributed by atoms with Gasteiger partial charge in [-0.3, -0.25) is 4.79 Å². The first kappa shape index (κ1) is 11.7. The second-order valence-corrected chi connectivity index (χ2v) is 4.73. The second kappa shape index (κ2) is 4.08. The quantitative estimate of drug-likeness (QED) is 0.755. The topological polar surface area (TPSA) is 85.8 Å². The van der Waals surface area contributed by atoms with Crippen LogP contribution in [-0.2, 0) is 11.2 Å². The molecule has 0 saturated heterocycles. The van der Waals surface area contributed by atoms with Gasteiger partial charge in [-0.05, 0) is 38.0 Å². The van der Waals surface area contributed by atoms with E-state index in [0.29, 0.717) is 17.9 Å². The van der Waals surface area contributed by atoms with Gasteiger partial charge < -0.3 is 11.1 Å². The summed E-state index contributed by atoms with van der Waals surface area (Å²) in [6.07, 6.45) is 1.23. The minimum atomic E-state index is 0.0368. The van der Waals surface area contributed by atoms with E-state index < -0.39 is 0 Å². The molecule has 1 aliphatic heterocycles. The molecule has 0 saturated carbocycles. The molecule has 0 bridgehead atoms. The van der Waals surface area contributed by atoms with Crippen LogP contribution in [0, 0.1) is 13.8 Å². The van der Waals surface area contributed by atoms with Gasteiger partial charge in [-0.25, -0.2) is 9.67 Å². The van der Waals surface area contributed by atoms with Crippen molar-refractivity contribution in [2.75, 3.05) is 11.1 Å². The summed E-state index contributed by atoms with van der Waals surface area (Å²) in [4.78, 5) is 15.7. The van der Waals surface area contributed by atoms with Crippen molar-refractivity contribution in [1.29, 1.82) is 0 Å². The molecule has 0 unspecified atom stereocenters. The van der Waals surface area contributed by atoms with E-state index in [1.807, 2.05) is 26.0 Å². The van der Waals surface area contributed by atoms with Gasteiger partial charge in [0.25, 0.3) is 0 Å². The zero-order chi connectivity index (χ0) is 13.6. The van der Waals surface area contributed by atoms with Crippen LogP contribution in [0.15, 0.2) is 12.1 Å². The Morgan fingerprint density at radius 2 is 2.11 bits per heavy atom. The van der Waals surface area contributed by atoms with Crippen molar-refractivity contribution in [2.24, 2.45) is 0 Å². The van der Waals surface area contributed by atoms with Gasteiger partial charge >= 0.3 is 0 Å². The van der Waals surface area contributed by atoms with Crippen molar-refractivity contribution in [3.63, 3.8) is 0 Å². The third kappa shape index (κ3) is 1.95. The summed E-state index contributed by atoms with van der Waals surface area (Å²) in [6.45, 7) is 3.71. The smallest absolute Gasteiger partial charge is 0.224 e. The zero-order valence-electron chi connectivity index (χ0n) is 10.9. The van der Waals surface area contributed by atoms with Crippen LogP contribution in [0.25, 0.3) is 5.69 Å². The van der Waals surface area contributed by atoms with E-state index in [4.69, 9.17) is 5.73 Å². The molecule has 2 aromatic rings. The number of nitrogens with two attached hydrogens (primary N) is 1. The van der Waals surface area contributed by atoms with Crippen molar-refractivity contribution in [2.45, 2.75) is 26.7 Å². The highest BCUT2D eigenvalue weighted by Crippen LogP contribution is 2.30. The number of hydrogen-bond acceptors (Lipinski definition) is 4. The molecule has 0 aliphatic carbocycles. The lowest BCUT2D eigenvalue weighted by atomic mass is 10.0. The molecule has 3 rings (SSSR count). The lowest BCUT2D eigenvalue weighted by molar-refractivity contribution is -0.116. The van der Waals surface area contributed by atoms with Crippen LogP contribution in [0.5, 0.6) is 0 Å². The van der Waals surface area contributed by atoms with Crippen LogP contribution in [-0.4, -0.2) is 20.7 Å². The molecule has 1 amide bonds. The Labute approximate surface area is 110 Å². The number of benzene rings is 1. The summed E-state index contributed by atoms with van der Waals surface area (Å²) in [7, 11) is 0. The molecule has 3 N–H and O–H groups in total. The average Bonchev–Trinajstić information content (AvgIpc) is 2.68. The lowest BCUT2D eigenvalue weighted by Gasteiger charge is -2.19. The van der Waals surface area contributed by atoms with Crippen LogP contribution < -0.4 is 11.1 Å². The number of aromatic nitrogens is 3. The molecular weight excluding hydrogens is 242 g/mol. The first-order valence-electron chi connectivity index (χ1n) is 6.17. The van der Waals surface area contributed by atoms with Crippen molar-refractivity contribution in [3.8, 4) is 5.69 Å². The molecule has 0 fully saturated rings. The number of amides is 1. The van der Waals surface area contributed by atoms with E-state index in [0.717, 1.165) is 29.2 Å². The molecule has 0 spiro atoms. The molecule has 1 aromatic heterocycles. The Kier molecular flexibility index (Phi) is 2.51. The minimum Gasteiger partial charge on any atom is -0.397 e. The predicted octanol–water partition coefficient (Wildman–Crippen LogP) is 1.35. The fraction of sp³-hybridized carbons (Fsp3) is 0.308. The van der Waals surface area contributed by atoms with Gasteiger partial charge in [0.2, 0.25) is 5.91 Å². The molecule has 1 aromatic carbocycles. The maximum absolute atomic E-state index is 11.5. The zero-order valence-corrected chi connectivity index (χ0v) is 10.9. The highest BCUT2D eigenvalue weighted by molar-refractivity contribution is 5.95. The van der Waals surface area contributed by atoms with Crippen LogP contribution in [0.2, 0.25) is 0 Å². The molecular formula is C13H15N5O. The third-order valence-corrected chi connectivity index (χ3v) is 3.25. The largest absolute Gasteiger partial charge is 0.397 e. The molecule has 2 heterocycles. The van der Waals surface area contributed by atoms with Crippen LogP contribution >= 0.6 is 0 Å². The number of anilines is 2. The van der Waals surface area contributed by atoms with Crippen molar-refractivity contribution >= 4 is 17.3 Å². The number of aryl methyl sites for hydroxylation is 3. The summed E-state index contributed by atoms with van der Waals surface area (Å²) in [5.41, 5.74) is 9.36. The Morgan fingerprint density at radius 3 is 2.79 bits per heavy atom. The highest BCUT2D eigenvalue weighted by atomic mass is 16.1. The van der Waals surface area contributed by atoms with Gasteiger partial charge in [-0.1, -0.05) is 0 Å². The average molecular weight is 257 g/mol. The van der Waals surface area contributed by atoms with E-state index >= 15 is 0 Å². The monoisotopic (exact) mass is 257 g/mol. The molecule has 6 nitrogen and oxygen atoms in total. The fourth-order valence-electron chi connectivity index (χ4n) is 2.37. The summed E-state index contributed by atoms with van der Waals surface area (Å²) >= 11 is 0. The predicted molar refractivity (Wildman–Crippen MR) is 72.2 cm³/mol. The Morgan fingerprint density at radius 1 is 1.32 bits per heavy atom. The number of carbonyl (C=O) groups excluding carboxylic acids is 1. The highest BCUT2D eigenvalue weighted by Gasteiger charge is 2.18. The Balaban J connectivity index is 2.14. The SMILES string of the molecule is Cc1nc(C)n(-c2cc3c(cc2N)CCC(=O)N3)n1. The van der Waals surface area contributed by atoms with Crippen LogP contribution in [0.3, 0.4) is 0 Å². The lowest BCUT2D eigenvalue weighted by Crippen LogP contribution is -2.20. The number of hydrogen-bond donors (Lipinski definition) is 2. The molecule has 1 aliphatic rings. The number of nitrogens with one attached hydrogen (secondary N) is 1. The molecule has 98 valence electrons. The second-order valence-electron chi connectivity index (χ2n) is 4.73. The maximum atomic E-state index is 11.5. The summed E-state index contributed by atoms with van der Waals surface area (Å²) in [6, 6.07) is 3.77. The first-order chi connectivity index (χ1) is 9.04. The van der Waals surface area contributed by atoms with Crippen molar-refractivity contribution in [3.05, 3.63) is 29.3 Å². The summed E-state index contributed by atoms with van der Waals surface area (Å²) in [5.74, 6) is 1.50. The number of nitrogens with zero attached hydrogens (tertiary/aromatic N) is 3. The number of rotatable bonds is 1. The normalized spacial score (nSPS) is 14.1. The van der Waals surface area contributed by atoms with Gasteiger partial charge in [-0.2, -0.15) is 5.10 Å². The van der Waals surface area contributed by atoms with Crippen molar-refractivity contribution < 1.29 is 4.79 Å². The molecule has 0 atom stereocenters. The number of carbonyl (C=O) groups is 1. The minimum absolute atomic E-state index is 0.0368. The van der Waals surface area contributed by atoms with E-state index in [2.05, 4.69) is 15.4 Å². The van der Waals surface area contributed by atoms with Crippen LogP contribution in [0.4, 0.5) is 11.4 Å². The van der Waals surface area contributed by atoms with E-state index in [-0.39, 0.29) is 5.91 Å². The third-order valence-electron chi connectivity index (χ3n) is 3.25. The summed E-state index contributed by atoms with van der Waals surface area (Å²) in [5, 5.41) is 7.19. The number of nitrogen functional groups attached to an aromatic ring is 1. The maximum Gasteiger partial charge on any atom is 0.224 e. The molecule has 19 heavy (non-hydrogen) atoms. The fourth-order valence-corrected chi connectivity index (χ4v) is 2.37. The summed E-state index contributed by atoms with van der Waals surface area (Å²) < 4.78 is 1.70. The van der Waals surface area contributed by atoms with E-state index in [9.17, 15) is 4.79 Å². The van der Waals surface area contributed by atoms with Crippen LogP contribution in [0.1, 0.15) is 23.6 Å². The Hall–Kier alpha value is -2.37. The van der Waals surface area contributed by atoms with E-state index in [1.165, 1.54) is 0 Å².